The summed E-state index contributed by atoms with van der Waals surface area (Å²) in [6.45, 7) is 2.39. The lowest BCUT2D eigenvalue weighted by Gasteiger charge is -2.50. The van der Waals surface area contributed by atoms with Gasteiger partial charge in [0, 0.05) is 18.2 Å². The van der Waals surface area contributed by atoms with E-state index in [1.165, 1.54) is 30.4 Å². The monoisotopic (exact) mass is 417 g/mol. The third-order valence-corrected chi connectivity index (χ3v) is 7.42. The minimum Gasteiger partial charge on any atom is -0.508 e. The molecule has 0 radical (unpaired) electrons. The lowest BCUT2D eigenvalue weighted by Crippen LogP contribution is -2.49. The molecule has 3 aliphatic carbocycles. The van der Waals surface area contributed by atoms with Gasteiger partial charge in [-0.25, -0.2) is 9.59 Å². The van der Waals surface area contributed by atoms with E-state index in [0.29, 0.717) is 35.7 Å². The first-order valence-corrected chi connectivity index (χ1v) is 10.5. The van der Waals surface area contributed by atoms with Crippen molar-refractivity contribution in [2.24, 2.45) is 17.3 Å². The van der Waals surface area contributed by atoms with Crippen LogP contribution in [0.25, 0.3) is 0 Å². The van der Waals surface area contributed by atoms with Gasteiger partial charge in [0.2, 0.25) is 0 Å². The van der Waals surface area contributed by atoms with E-state index in [-0.39, 0.29) is 17.6 Å². The van der Waals surface area contributed by atoms with Crippen LogP contribution in [0, 0.1) is 17.3 Å². The second-order valence-electron chi connectivity index (χ2n) is 8.92. The Morgan fingerprint density at radius 2 is 1.83 bits per heavy atom. The highest BCUT2D eigenvalue weighted by atomic mass is 16.4. The lowest BCUT2D eigenvalue weighted by molar-refractivity contribution is -0.134. The summed E-state index contributed by atoms with van der Waals surface area (Å²) in [4.78, 5) is 19.1. The molecule has 2 saturated carbocycles. The number of nitrogens with one attached hydrogen (secondary N) is 1. The zero-order valence-electron chi connectivity index (χ0n) is 17.4. The maximum absolute atomic E-state index is 10.5. The van der Waals surface area contributed by atoms with Crippen molar-refractivity contribution in [2.45, 2.75) is 57.1 Å². The van der Waals surface area contributed by atoms with Gasteiger partial charge in [-0.1, -0.05) is 13.0 Å². The zero-order valence-corrected chi connectivity index (χ0v) is 17.4. The van der Waals surface area contributed by atoms with Gasteiger partial charge in [0.25, 0.3) is 0 Å². The maximum atomic E-state index is 10.5. The van der Waals surface area contributed by atoms with Gasteiger partial charge in [-0.05, 0) is 85.6 Å². The molecule has 4 rings (SSSR count). The van der Waals surface area contributed by atoms with Crippen LogP contribution in [0.15, 0.2) is 30.4 Å². The molecular weight excluding hydrogens is 386 g/mol. The van der Waals surface area contributed by atoms with Crippen LogP contribution in [0.2, 0.25) is 0 Å². The number of aliphatic hydroxyl groups is 1. The Bertz CT molecular complexity index is 821. The molecule has 0 amide bonds. The van der Waals surface area contributed by atoms with Gasteiger partial charge in [0.05, 0.1) is 6.10 Å². The van der Waals surface area contributed by atoms with Crippen molar-refractivity contribution in [3.63, 3.8) is 0 Å². The van der Waals surface area contributed by atoms with E-state index in [2.05, 4.69) is 18.3 Å². The Labute approximate surface area is 176 Å². The summed E-state index contributed by atoms with van der Waals surface area (Å²) >= 11 is 0. The van der Waals surface area contributed by atoms with Crippen LogP contribution in [-0.2, 0) is 16.0 Å². The number of phenols is 1. The van der Waals surface area contributed by atoms with Crippen LogP contribution in [0.4, 0.5) is 0 Å². The molecule has 2 fully saturated rings. The first kappa shape index (κ1) is 22.3. The van der Waals surface area contributed by atoms with Crippen molar-refractivity contribution >= 4 is 11.9 Å². The van der Waals surface area contributed by atoms with Crippen molar-refractivity contribution in [3.05, 3.63) is 41.5 Å². The van der Waals surface area contributed by atoms with E-state index in [0.717, 1.165) is 12.8 Å². The molecule has 5 N–H and O–H groups in total. The van der Waals surface area contributed by atoms with Crippen molar-refractivity contribution in [2.75, 3.05) is 7.05 Å². The summed E-state index contributed by atoms with van der Waals surface area (Å²) in [7, 11) is 1.99. The Morgan fingerprint density at radius 3 is 2.43 bits per heavy atom. The number of rotatable bonds is 3. The average molecular weight is 418 g/mol. The summed E-state index contributed by atoms with van der Waals surface area (Å²) in [6, 6.07) is 6.18. The molecule has 7 heteroatoms. The number of hydrogen-bond acceptors (Lipinski definition) is 5. The molecule has 0 aliphatic heterocycles. The number of aliphatic hydroxyl groups excluding tert-OH is 1. The van der Waals surface area contributed by atoms with Gasteiger partial charge in [-0.3, -0.25) is 0 Å². The number of carbonyl (C=O) groups is 2. The molecular formula is C23H31NO6. The van der Waals surface area contributed by atoms with Crippen LogP contribution in [0.1, 0.15) is 49.7 Å². The van der Waals surface area contributed by atoms with Gasteiger partial charge in [-0.2, -0.15) is 0 Å². The predicted molar refractivity (Wildman–Crippen MR) is 111 cm³/mol. The molecule has 0 heterocycles. The molecule has 1 aromatic carbocycles. The quantitative estimate of drug-likeness (QED) is 0.478. The lowest BCUT2D eigenvalue weighted by atomic mass is 9.55. The van der Waals surface area contributed by atoms with Gasteiger partial charge in [-0.15, -0.1) is 0 Å². The van der Waals surface area contributed by atoms with E-state index in [1.54, 1.807) is 0 Å². The summed E-state index contributed by atoms with van der Waals surface area (Å²) in [6.07, 6.45) is 6.51. The Kier molecular flexibility index (Phi) is 6.53. The first-order valence-electron chi connectivity index (χ1n) is 10.5. The molecule has 7 nitrogen and oxygen atoms in total. The highest BCUT2D eigenvalue weighted by Crippen LogP contribution is 2.60. The standard InChI is InChI=1S/C19H27NO2.C4H4O4/c1-19-8-7-14-13-6-4-12(21)9-11(13)3-5-15(14)16(19)10-17(22)18(19)20-2;5-3(6)1-2-4(7)8/h4,6,9,14-18,20-22H,3,5,7-8,10H2,1-2H3;1-2H,(H,5,6)(H,7,8)/b;2-1-/t14-,15-,16+,17-,18+,19+;/m1./s1. The number of hydrogen-bond donors (Lipinski definition) is 5. The fourth-order valence-electron chi connectivity index (χ4n) is 6.25. The maximum Gasteiger partial charge on any atom is 0.328 e. The van der Waals surface area contributed by atoms with Crippen molar-refractivity contribution in [1.29, 1.82) is 0 Å². The number of likely N-dealkylation sites (N-methyl/N-ethyl adjacent to an activating group) is 1. The summed E-state index contributed by atoms with van der Waals surface area (Å²) in [5, 5.41) is 39.3. The van der Waals surface area contributed by atoms with Gasteiger partial charge in [0.15, 0.2) is 0 Å². The van der Waals surface area contributed by atoms with Gasteiger partial charge < -0.3 is 25.7 Å². The molecule has 0 saturated heterocycles. The van der Waals surface area contributed by atoms with Crippen molar-refractivity contribution < 1.29 is 30.0 Å². The third kappa shape index (κ3) is 4.23. The number of benzene rings is 1. The van der Waals surface area contributed by atoms with Crippen LogP contribution in [0.5, 0.6) is 5.75 Å². The Hall–Kier alpha value is -2.38. The molecule has 3 aliphatic rings. The van der Waals surface area contributed by atoms with Crippen LogP contribution in [0.3, 0.4) is 0 Å². The third-order valence-electron chi connectivity index (χ3n) is 7.42. The second kappa shape index (κ2) is 8.78. The number of phenolic OH excluding ortho intramolecular Hbond substituents is 1. The van der Waals surface area contributed by atoms with E-state index in [4.69, 9.17) is 10.2 Å². The molecule has 0 bridgehead atoms. The van der Waals surface area contributed by atoms with Gasteiger partial charge >= 0.3 is 11.9 Å². The predicted octanol–water partition coefficient (Wildman–Crippen LogP) is 2.52. The topological polar surface area (TPSA) is 127 Å². The minimum atomic E-state index is -1.26. The average Bonchev–Trinajstić information content (AvgIpc) is 2.95. The van der Waals surface area contributed by atoms with Crippen LogP contribution in [-0.4, -0.2) is 51.6 Å². The largest absolute Gasteiger partial charge is 0.508 e. The number of carboxylic acids is 2. The molecule has 0 aromatic heterocycles. The van der Waals surface area contributed by atoms with E-state index >= 15 is 0 Å². The number of fused-ring (bicyclic) bond motifs is 5. The molecule has 0 spiro atoms. The van der Waals surface area contributed by atoms with E-state index in [9.17, 15) is 19.8 Å². The van der Waals surface area contributed by atoms with Crippen LogP contribution < -0.4 is 5.32 Å². The Balaban J connectivity index is 0.000000275. The summed E-state index contributed by atoms with van der Waals surface area (Å²) in [5.41, 5.74) is 3.02. The number of aliphatic carboxylic acids is 2. The smallest absolute Gasteiger partial charge is 0.328 e. The van der Waals surface area contributed by atoms with Crippen molar-refractivity contribution in [3.8, 4) is 5.75 Å². The first-order chi connectivity index (χ1) is 14.2. The van der Waals surface area contributed by atoms with Gasteiger partial charge in [0.1, 0.15) is 5.75 Å². The SMILES string of the molecule is CN[C@H]1[C@H](O)C[C@H]2[C@@H]3CCc4cc(O)ccc4[C@H]3CC[C@@]21C.O=C(O)/C=C\C(=O)O. The van der Waals surface area contributed by atoms with E-state index in [1.807, 2.05) is 19.2 Å². The number of carboxylic acid groups (broad SMARTS) is 2. The number of aryl methyl sites for hydroxylation is 1. The van der Waals surface area contributed by atoms with E-state index < -0.39 is 11.9 Å². The molecule has 30 heavy (non-hydrogen) atoms. The second-order valence-corrected chi connectivity index (χ2v) is 8.92. The highest BCUT2D eigenvalue weighted by molar-refractivity contribution is 5.89. The molecule has 0 unspecified atom stereocenters. The molecule has 1 aromatic rings. The minimum absolute atomic E-state index is 0.208. The highest BCUT2D eigenvalue weighted by Gasteiger charge is 2.57. The summed E-state index contributed by atoms with van der Waals surface area (Å²) in [5.74, 6) is -0.209. The number of aromatic hydroxyl groups is 1. The van der Waals surface area contributed by atoms with Crippen molar-refractivity contribution in [1.82, 2.24) is 5.32 Å². The Morgan fingerprint density at radius 1 is 1.17 bits per heavy atom. The zero-order chi connectivity index (χ0) is 22.1. The molecule has 164 valence electrons. The normalized spacial score (nSPS) is 34.3. The fourth-order valence-corrected chi connectivity index (χ4v) is 6.25. The van der Waals surface area contributed by atoms with Crippen LogP contribution >= 0.6 is 0 Å². The fraction of sp³-hybridized carbons (Fsp3) is 0.565. The molecule has 6 atom stereocenters. The summed E-state index contributed by atoms with van der Waals surface area (Å²) < 4.78 is 0.